The van der Waals surface area contributed by atoms with Crippen molar-refractivity contribution < 1.29 is 32.6 Å². The standard InChI is InChI=1S/C20H21N3O2S.C2HF3O2/c1-13(19-22-16-5-3-4-6-18(16)26-19)23(2)20(24)14-7-8-15-12-21-9-10-25-17(15)11-14;3-2(4,5)1(6)7/h3-8,11,13,21H,9-10,12H2,1-2H3;(H,6,7). The Morgan fingerprint density at radius 3 is 2.61 bits per heavy atom. The van der Waals surface area contributed by atoms with Crippen molar-refractivity contribution in [2.45, 2.75) is 25.7 Å². The molecule has 1 unspecified atom stereocenters. The molecule has 33 heavy (non-hydrogen) atoms. The van der Waals surface area contributed by atoms with E-state index in [-0.39, 0.29) is 11.9 Å². The number of benzene rings is 2. The van der Waals surface area contributed by atoms with Gasteiger partial charge in [-0.05, 0) is 31.2 Å². The maximum absolute atomic E-state index is 13.0. The van der Waals surface area contributed by atoms with Gasteiger partial charge in [0.05, 0.1) is 16.3 Å². The quantitative estimate of drug-likeness (QED) is 0.581. The third-order valence-electron chi connectivity index (χ3n) is 4.98. The van der Waals surface area contributed by atoms with Gasteiger partial charge in [-0.1, -0.05) is 18.2 Å². The molecule has 4 rings (SSSR count). The van der Waals surface area contributed by atoms with E-state index in [9.17, 15) is 18.0 Å². The first kappa shape index (κ1) is 24.5. The predicted octanol–water partition coefficient (Wildman–Crippen LogP) is 4.24. The minimum atomic E-state index is -5.08. The molecule has 7 nitrogen and oxygen atoms in total. The van der Waals surface area contributed by atoms with Crippen LogP contribution in [0.25, 0.3) is 10.2 Å². The van der Waals surface area contributed by atoms with Gasteiger partial charge in [-0.15, -0.1) is 11.3 Å². The molecule has 0 fully saturated rings. The lowest BCUT2D eigenvalue weighted by Crippen LogP contribution is -2.29. The smallest absolute Gasteiger partial charge is 0.490 e. The van der Waals surface area contributed by atoms with Crippen LogP contribution < -0.4 is 10.1 Å². The molecule has 0 saturated heterocycles. The molecule has 0 saturated carbocycles. The minimum Gasteiger partial charge on any atom is -0.492 e. The minimum absolute atomic E-state index is 0.0274. The van der Waals surface area contributed by atoms with Gasteiger partial charge >= 0.3 is 12.1 Å². The number of aromatic nitrogens is 1. The van der Waals surface area contributed by atoms with Crippen molar-refractivity contribution in [2.24, 2.45) is 0 Å². The molecule has 0 radical (unpaired) electrons. The topological polar surface area (TPSA) is 91.8 Å². The number of aliphatic carboxylic acids is 1. The maximum Gasteiger partial charge on any atom is 0.490 e. The van der Waals surface area contributed by atoms with Crippen molar-refractivity contribution in [3.63, 3.8) is 0 Å². The van der Waals surface area contributed by atoms with Gasteiger partial charge in [-0.3, -0.25) is 4.79 Å². The number of hydrogen-bond donors (Lipinski definition) is 2. The summed E-state index contributed by atoms with van der Waals surface area (Å²) >= 11 is 1.63. The second-order valence-corrected chi connectivity index (χ2v) is 8.32. The van der Waals surface area contributed by atoms with E-state index in [1.807, 2.05) is 50.4 Å². The Bertz CT molecular complexity index is 1120. The van der Waals surface area contributed by atoms with Crippen molar-refractivity contribution in [2.75, 3.05) is 20.2 Å². The fourth-order valence-corrected chi connectivity index (χ4v) is 4.10. The summed E-state index contributed by atoms with van der Waals surface area (Å²) in [6.07, 6.45) is -5.08. The van der Waals surface area contributed by atoms with Crippen LogP contribution in [-0.2, 0) is 11.3 Å². The number of para-hydroxylation sites is 1. The van der Waals surface area contributed by atoms with Crippen molar-refractivity contribution >= 4 is 33.4 Å². The van der Waals surface area contributed by atoms with Crippen LogP contribution in [0, 0.1) is 0 Å². The largest absolute Gasteiger partial charge is 0.492 e. The fourth-order valence-electron chi connectivity index (χ4n) is 3.04. The van der Waals surface area contributed by atoms with E-state index in [2.05, 4.69) is 16.4 Å². The highest BCUT2D eigenvalue weighted by atomic mass is 32.1. The van der Waals surface area contributed by atoms with Gasteiger partial charge in [-0.2, -0.15) is 13.2 Å². The molecule has 1 aliphatic rings. The summed E-state index contributed by atoms with van der Waals surface area (Å²) in [7, 11) is 1.83. The SMILES string of the molecule is CC(c1nc2ccccc2s1)N(C)C(=O)c1ccc2c(c1)OCCNC2.O=C(O)C(F)(F)F. The highest BCUT2D eigenvalue weighted by Crippen LogP contribution is 2.30. The summed E-state index contributed by atoms with van der Waals surface area (Å²) in [5.74, 6) is -1.99. The van der Waals surface area contributed by atoms with Crippen molar-refractivity contribution in [1.29, 1.82) is 0 Å². The first-order chi connectivity index (χ1) is 15.6. The summed E-state index contributed by atoms with van der Waals surface area (Å²) in [6.45, 7) is 4.20. The molecule has 176 valence electrons. The number of carbonyl (C=O) groups excluding carboxylic acids is 1. The number of ether oxygens (including phenoxy) is 1. The highest BCUT2D eigenvalue weighted by Gasteiger charge is 2.38. The number of thiazole rings is 1. The summed E-state index contributed by atoms with van der Waals surface area (Å²) in [5, 5.41) is 11.4. The third-order valence-corrected chi connectivity index (χ3v) is 6.18. The molecule has 0 bridgehead atoms. The lowest BCUT2D eigenvalue weighted by molar-refractivity contribution is -0.192. The summed E-state index contributed by atoms with van der Waals surface area (Å²) in [6, 6.07) is 13.7. The van der Waals surface area contributed by atoms with E-state index < -0.39 is 12.1 Å². The zero-order valence-electron chi connectivity index (χ0n) is 17.8. The molecule has 0 aliphatic carbocycles. The zero-order chi connectivity index (χ0) is 24.2. The van der Waals surface area contributed by atoms with Gasteiger partial charge in [0.1, 0.15) is 17.4 Å². The summed E-state index contributed by atoms with van der Waals surface area (Å²) in [5.41, 5.74) is 2.70. The first-order valence-electron chi connectivity index (χ1n) is 9.97. The first-order valence-corrected chi connectivity index (χ1v) is 10.8. The van der Waals surface area contributed by atoms with Crippen LogP contribution in [0.4, 0.5) is 13.2 Å². The monoisotopic (exact) mass is 481 g/mol. The second-order valence-electron chi connectivity index (χ2n) is 7.26. The second kappa shape index (κ2) is 10.2. The Balaban J connectivity index is 0.000000383. The predicted molar refractivity (Wildman–Crippen MR) is 117 cm³/mol. The van der Waals surface area contributed by atoms with Gasteiger partial charge in [0.15, 0.2) is 0 Å². The number of halogens is 3. The Morgan fingerprint density at radius 1 is 1.24 bits per heavy atom. The van der Waals surface area contributed by atoms with Gasteiger partial charge in [0.2, 0.25) is 0 Å². The molecule has 1 atom stereocenters. The Morgan fingerprint density at radius 2 is 1.94 bits per heavy atom. The Hall–Kier alpha value is -3.18. The van der Waals surface area contributed by atoms with E-state index >= 15 is 0 Å². The molecule has 2 N–H and O–H groups in total. The number of rotatable bonds is 3. The molecule has 1 aliphatic heterocycles. The number of fused-ring (bicyclic) bond motifs is 2. The van der Waals surface area contributed by atoms with Crippen LogP contribution in [-0.4, -0.2) is 53.2 Å². The van der Waals surface area contributed by atoms with Crippen molar-refractivity contribution in [1.82, 2.24) is 15.2 Å². The fraction of sp³-hybridized carbons (Fsp3) is 0.318. The number of carbonyl (C=O) groups is 2. The van der Waals surface area contributed by atoms with E-state index in [0.29, 0.717) is 12.2 Å². The average Bonchev–Trinajstić information content (AvgIpc) is 3.08. The Kier molecular flexibility index (Phi) is 7.54. The molecule has 11 heteroatoms. The number of alkyl halides is 3. The molecular weight excluding hydrogens is 459 g/mol. The third kappa shape index (κ3) is 5.99. The van der Waals surface area contributed by atoms with Crippen LogP contribution in [0.3, 0.4) is 0 Å². The van der Waals surface area contributed by atoms with Crippen molar-refractivity contribution in [3.8, 4) is 5.75 Å². The zero-order valence-corrected chi connectivity index (χ0v) is 18.7. The van der Waals surface area contributed by atoms with E-state index in [4.69, 9.17) is 14.6 Å². The van der Waals surface area contributed by atoms with Crippen LogP contribution in [0.15, 0.2) is 42.5 Å². The van der Waals surface area contributed by atoms with Gasteiger partial charge in [0.25, 0.3) is 5.91 Å². The molecule has 1 aromatic heterocycles. The van der Waals surface area contributed by atoms with Gasteiger partial charge in [0, 0.05) is 31.3 Å². The maximum atomic E-state index is 13.0. The molecule has 1 amide bonds. The number of nitrogens with zero attached hydrogens (tertiary/aromatic N) is 2. The van der Waals surface area contributed by atoms with E-state index in [1.165, 1.54) is 0 Å². The average molecular weight is 481 g/mol. The molecule has 3 aromatic rings. The lowest BCUT2D eigenvalue weighted by Gasteiger charge is -2.23. The number of nitrogens with one attached hydrogen (secondary N) is 1. The van der Waals surface area contributed by atoms with Crippen LogP contribution in [0.2, 0.25) is 0 Å². The van der Waals surface area contributed by atoms with Gasteiger partial charge in [-0.25, -0.2) is 9.78 Å². The molecule has 2 heterocycles. The van der Waals surface area contributed by atoms with Gasteiger partial charge < -0.3 is 20.1 Å². The van der Waals surface area contributed by atoms with Crippen LogP contribution in [0.5, 0.6) is 5.75 Å². The lowest BCUT2D eigenvalue weighted by atomic mass is 10.1. The normalized spacial score (nSPS) is 14.2. The van der Waals surface area contributed by atoms with Crippen molar-refractivity contribution in [3.05, 3.63) is 58.6 Å². The number of carboxylic acid groups (broad SMARTS) is 1. The highest BCUT2D eigenvalue weighted by molar-refractivity contribution is 7.18. The molecule has 2 aromatic carbocycles. The Labute approximate surface area is 191 Å². The number of amides is 1. The number of carboxylic acids is 1. The molecular formula is C22H22F3N3O4S. The van der Waals surface area contributed by atoms with Crippen LogP contribution >= 0.6 is 11.3 Å². The summed E-state index contributed by atoms with van der Waals surface area (Å²) in [4.78, 5) is 28.3. The van der Waals surface area contributed by atoms with E-state index in [1.54, 1.807) is 16.2 Å². The number of hydrogen-bond acceptors (Lipinski definition) is 6. The molecule has 0 spiro atoms. The van der Waals surface area contributed by atoms with Crippen LogP contribution in [0.1, 0.15) is 33.9 Å². The van der Waals surface area contributed by atoms with E-state index in [0.717, 1.165) is 39.6 Å². The summed E-state index contributed by atoms with van der Waals surface area (Å²) < 4.78 is 38.6.